The molecule has 0 bridgehead atoms. The van der Waals surface area contributed by atoms with Gasteiger partial charge in [-0.3, -0.25) is 0 Å². The van der Waals surface area contributed by atoms with E-state index in [-0.39, 0.29) is 17.8 Å². The maximum absolute atomic E-state index is 12.2. The van der Waals surface area contributed by atoms with Gasteiger partial charge in [0, 0.05) is 22.7 Å². The van der Waals surface area contributed by atoms with E-state index < -0.39 is 0 Å². The molecule has 3 aromatic carbocycles. The van der Waals surface area contributed by atoms with Crippen molar-refractivity contribution in [2.45, 2.75) is 19.8 Å². The van der Waals surface area contributed by atoms with Crippen LogP contribution in [0.5, 0.6) is 0 Å². The van der Waals surface area contributed by atoms with E-state index in [2.05, 4.69) is 91.6 Å². The third kappa shape index (κ3) is 3.27. The van der Waals surface area contributed by atoms with Crippen LogP contribution in [0.4, 0.5) is 0 Å². The fourth-order valence-corrected chi connectivity index (χ4v) is 4.18. The summed E-state index contributed by atoms with van der Waals surface area (Å²) < 4.78 is 0. The van der Waals surface area contributed by atoms with Crippen LogP contribution in [-0.4, -0.2) is 11.3 Å². The summed E-state index contributed by atoms with van der Waals surface area (Å²) in [5.41, 5.74) is 5.73. The zero-order valence-corrected chi connectivity index (χ0v) is 16.3. The lowest BCUT2D eigenvalue weighted by molar-refractivity contribution is -0.112. The van der Waals surface area contributed by atoms with Crippen LogP contribution in [0.3, 0.4) is 0 Å². The van der Waals surface area contributed by atoms with Crippen LogP contribution in [0.15, 0.2) is 84.9 Å². The lowest BCUT2D eigenvalue weighted by Crippen LogP contribution is -2.21. The number of hydrogen-bond donors (Lipinski definition) is 1. The number of rotatable bonds is 6. The van der Waals surface area contributed by atoms with Crippen molar-refractivity contribution < 1.29 is 4.79 Å². The third-order valence-corrected chi connectivity index (χ3v) is 5.59. The SMILES string of the molecule is CC(C)[C@@H](C=O)[C@@H](c1ccccc1)c1c(-c2ccccc2)[nH]c2ccccc12. The van der Waals surface area contributed by atoms with Crippen LogP contribution in [0.1, 0.15) is 30.9 Å². The first-order valence-corrected chi connectivity index (χ1v) is 9.87. The summed E-state index contributed by atoms with van der Waals surface area (Å²) in [5.74, 6) is 0.120. The van der Waals surface area contributed by atoms with Crippen LogP contribution in [0.25, 0.3) is 22.2 Å². The molecule has 0 radical (unpaired) electrons. The van der Waals surface area contributed by atoms with Crippen molar-refractivity contribution in [3.8, 4) is 11.3 Å². The highest BCUT2D eigenvalue weighted by atomic mass is 16.1. The van der Waals surface area contributed by atoms with Crippen LogP contribution < -0.4 is 0 Å². The number of hydrogen-bond acceptors (Lipinski definition) is 1. The first-order valence-electron chi connectivity index (χ1n) is 9.87. The van der Waals surface area contributed by atoms with Gasteiger partial charge in [0.1, 0.15) is 6.29 Å². The number of H-pyrrole nitrogens is 1. The standard InChI is InChI=1S/C26H25NO/c1-18(2)22(17-28)24(19-11-5-3-6-12-19)25-21-15-9-10-16-23(21)27-26(25)20-13-7-4-8-14-20/h3-18,22,24,27H,1-2H3/t22-,24-/m1/s1. The molecule has 0 saturated carbocycles. The smallest absolute Gasteiger partial charge is 0.124 e. The molecule has 1 aromatic heterocycles. The highest BCUT2D eigenvalue weighted by molar-refractivity contribution is 5.92. The van der Waals surface area contributed by atoms with Gasteiger partial charge in [0.15, 0.2) is 0 Å². The van der Waals surface area contributed by atoms with Gasteiger partial charge >= 0.3 is 0 Å². The number of carbonyl (C=O) groups excluding carboxylic acids is 1. The van der Waals surface area contributed by atoms with Crippen molar-refractivity contribution in [3.05, 3.63) is 96.1 Å². The molecule has 140 valence electrons. The van der Waals surface area contributed by atoms with Gasteiger partial charge in [-0.2, -0.15) is 0 Å². The Morgan fingerprint density at radius 2 is 1.39 bits per heavy atom. The van der Waals surface area contributed by atoms with E-state index in [4.69, 9.17) is 0 Å². The van der Waals surface area contributed by atoms with Crippen molar-refractivity contribution in [1.82, 2.24) is 4.98 Å². The van der Waals surface area contributed by atoms with Gasteiger partial charge < -0.3 is 9.78 Å². The number of aldehydes is 1. The predicted molar refractivity (Wildman–Crippen MR) is 116 cm³/mol. The van der Waals surface area contributed by atoms with Crippen molar-refractivity contribution >= 4 is 17.2 Å². The Labute approximate surface area is 166 Å². The molecule has 4 rings (SSSR count). The molecule has 2 atom stereocenters. The number of aromatic nitrogens is 1. The molecule has 0 spiro atoms. The van der Waals surface area contributed by atoms with E-state index in [1.807, 2.05) is 12.1 Å². The topological polar surface area (TPSA) is 32.9 Å². The first kappa shape index (κ1) is 18.2. The van der Waals surface area contributed by atoms with Gasteiger partial charge in [-0.1, -0.05) is 92.7 Å². The second kappa shape index (κ2) is 7.85. The molecule has 0 aliphatic rings. The van der Waals surface area contributed by atoms with Crippen LogP contribution in [0.2, 0.25) is 0 Å². The Kier molecular flexibility index (Phi) is 5.12. The minimum absolute atomic E-state index is 0.00921. The van der Waals surface area contributed by atoms with Gasteiger partial charge in [0.2, 0.25) is 0 Å². The molecule has 0 aliphatic heterocycles. The highest BCUT2D eigenvalue weighted by Gasteiger charge is 2.31. The summed E-state index contributed by atoms with van der Waals surface area (Å²) in [4.78, 5) is 15.9. The summed E-state index contributed by atoms with van der Waals surface area (Å²) in [6.07, 6.45) is 1.14. The number of aromatic amines is 1. The summed E-state index contributed by atoms with van der Waals surface area (Å²) in [7, 11) is 0. The maximum atomic E-state index is 12.2. The predicted octanol–water partition coefficient (Wildman–Crippen LogP) is 6.44. The number of nitrogens with one attached hydrogen (secondary N) is 1. The lowest BCUT2D eigenvalue weighted by Gasteiger charge is -2.27. The monoisotopic (exact) mass is 367 g/mol. The number of para-hydroxylation sites is 1. The van der Waals surface area contributed by atoms with E-state index in [0.29, 0.717) is 0 Å². The summed E-state index contributed by atoms with van der Waals surface area (Å²) >= 11 is 0. The van der Waals surface area contributed by atoms with Crippen LogP contribution in [-0.2, 0) is 4.79 Å². The lowest BCUT2D eigenvalue weighted by atomic mass is 9.74. The molecule has 0 unspecified atom stereocenters. The van der Waals surface area contributed by atoms with Gasteiger partial charge in [-0.25, -0.2) is 0 Å². The molecule has 0 amide bonds. The van der Waals surface area contributed by atoms with Gasteiger partial charge in [0.25, 0.3) is 0 Å². The Bertz CT molecular complexity index is 1060. The molecular weight excluding hydrogens is 342 g/mol. The number of benzene rings is 3. The van der Waals surface area contributed by atoms with Crippen molar-refractivity contribution in [3.63, 3.8) is 0 Å². The molecule has 0 aliphatic carbocycles. The second-order valence-electron chi connectivity index (χ2n) is 7.67. The molecule has 28 heavy (non-hydrogen) atoms. The second-order valence-corrected chi connectivity index (χ2v) is 7.67. The fraction of sp³-hybridized carbons (Fsp3) is 0.192. The fourth-order valence-electron chi connectivity index (χ4n) is 4.18. The molecule has 2 heteroatoms. The van der Waals surface area contributed by atoms with E-state index in [1.165, 1.54) is 16.5 Å². The zero-order chi connectivity index (χ0) is 19.5. The average Bonchev–Trinajstić information content (AvgIpc) is 3.12. The Morgan fingerprint density at radius 3 is 2.04 bits per heavy atom. The van der Waals surface area contributed by atoms with Crippen molar-refractivity contribution in [1.29, 1.82) is 0 Å². The van der Waals surface area contributed by atoms with Crippen LogP contribution in [0, 0.1) is 11.8 Å². The number of fused-ring (bicyclic) bond motifs is 1. The Morgan fingerprint density at radius 1 is 0.786 bits per heavy atom. The molecule has 4 aromatic rings. The summed E-state index contributed by atoms with van der Waals surface area (Å²) in [6, 6.07) is 29.2. The highest BCUT2D eigenvalue weighted by Crippen LogP contribution is 2.43. The Hall–Kier alpha value is -3.13. The normalized spacial score (nSPS) is 13.5. The molecule has 2 nitrogen and oxygen atoms in total. The summed E-state index contributed by atoms with van der Waals surface area (Å²) in [6.45, 7) is 4.26. The van der Waals surface area contributed by atoms with Crippen LogP contribution >= 0.6 is 0 Å². The van der Waals surface area contributed by atoms with Gasteiger partial charge in [-0.15, -0.1) is 0 Å². The molecule has 0 saturated heterocycles. The van der Waals surface area contributed by atoms with Crippen molar-refractivity contribution in [2.75, 3.05) is 0 Å². The maximum Gasteiger partial charge on any atom is 0.124 e. The van der Waals surface area contributed by atoms with E-state index in [1.54, 1.807) is 0 Å². The molecular formula is C26H25NO. The van der Waals surface area contributed by atoms with Gasteiger partial charge in [-0.05, 0) is 28.7 Å². The van der Waals surface area contributed by atoms with E-state index in [0.717, 1.165) is 23.1 Å². The minimum Gasteiger partial charge on any atom is -0.354 e. The largest absolute Gasteiger partial charge is 0.354 e. The number of carbonyl (C=O) groups is 1. The Balaban J connectivity index is 2.04. The summed E-state index contributed by atoms with van der Waals surface area (Å²) in [5, 5.41) is 1.18. The quantitative estimate of drug-likeness (QED) is 0.391. The zero-order valence-electron chi connectivity index (χ0n) is 16.3. The molecule has 0 fully saturated rings. The van der Waals surface area contributed by atoms with E-state index >= 15 is 0 Å². The molecule has 1 N–H and O–H groups in total. The average molecular weight is 367 g/mol. The van der Waals surface area contributed by atoms with Crippen molar-refractivity contribution in [2.24, 2.45) is 11.8 Å². The molecule has 1 heterocycles. The third-order valence-electron chi connectivity index (χ3n) is 5.59. The van der Waals surface area contributed by atoms with Gasteiger partial charge in [0.05, 0.1) is 5.69 Å². The van der Waals surface area contributed by atoms with E-state index in [9.17, 15) is 4.79 Å². The first-order chi connectivity index (χ1) is 13.7. The minimum atomic E-state index is -0.107.